The maximum Gasteiger partial charge on any atom is 0.573 e. The van der Waals surface area contributed by atoms with Crippen LogP contribution in [0.25, 0.3) is 0 Å². The summed E-state index contributed by atoms with van der Waals surface area (Å²) >= 11 is 0. The van der Waals surface area contributed by atoms with Crippen LogP contribution in [0.1, 0.15) is 22.3 Å². The summed E-state index contributed by atoms with van der Waals surface area (Å²) in [7, 11) is 3.78. The maximum atomic E-state index is 12.9. The van der Waals surface area contributed by atoms with Crippen LogP contribution in [-0.2, 0) is 6.42 Å². The summed E-state index contributed by atoms with van der Waals surface area (Å²) in [6.45, 7) is 0.525. The molecule has 138 valence electrons. The van der Waals surface area contributed by atoms with Gasteiger partial charge < -0.3 is 14.5 Å². The fourth-order valence-corrected chi connectivity index (χ4v) is 3.05. The van der Waals surface area contributed by atoms with Crippen molar-refractivity contribution in [2.24, 2.45) is 0 Å². The molecule has 1 amide bonds. The lowest BCUT2D eigenvalue weighted by molar-refractivity contribution is -0.274. The van der Waals surface area contributed by atoms with Gasteiger partial charge in [-0.2, -0.15) is 0 Å². The Kier molecular flexibility index (Phi) is 4.80. The van der Waals surface area contributed by atoms with Crippen LogP contribution < -0.4 is 14.5 Å². The van der Waals surface area contributed by atoms with Crippen molar-refractivity contribution >= 4 is 17.3 Å². The van der Waals surface area contributed by atoms with Gasteiger partial charge in [0.15, 0.2) is 0 Å². The van der Waals surface area contributed by atoms with Crippen molar-refractivity contribution in [2.75, 3.05) is 30.4 Å². The molecule has 1 heterocycles. The molecular formula is C19H19F3N2O2. The first kappa shape index (κ1) is 18.1. The molecule has 1 aliphatic rings. The highest BCUT2D eigenvalue weighted by molar-refractivity contribution is 6.07. The monoisotopic (exact) mass is 364 g/mol. The number of anilines is 2. The summed E-state index contributed by atoms with van der Waals surface area (Å²) in [5.74, 6) is -0.431. The lowest BCUT2D eigenvalue weighted by Gasteiger charge is -2.30. The van der Waals surface area contributed by atoms with E-state index < -0.39 is 6.36 Å². The highest BCUT2D eigenvalue weighted by atomic mass is 19.4. The quantitative estimate of drug-likeness (QED) is 0.817. The number of aryl methyl sites for hydroxylation is 1. The first-order chi connectivity index (χ1) is 12.2. The van der Waals surface area contributed by atoms with E-state index in [4.69, 9.17) is 0 Å². The van der Waals surface area contributed by atoms with E-state index in [1.165, 1.54) is 18.2 Å². The molecule has 2 aromatic carbocycles. The molecule has 0 aromatic heterocycles. The van der Waals surface area contributed by atoms with Crippen LogP contribution >= 0.6 is 0 Å². The molecule has 0 saturated carbocycles. The molecule has 26 heavy (non-hydrogen) atoms. The van der Waals surface area contributed by atoms with Gasteiger partial charge in [0.2, 0.25) is 0 Å². The van der Waals surface area contributed by atoms with E-state index in [-0.39, 0.29) is 11.7 Å². The molecule has 0 saturated heterocycles. The number of nitrogens with zero attached hydrogens (tertiary/aromatic N) is 2. The number of halogens is 3. The summed E-state index contributed by atoms with van der Waals surface area (Å²) in [6, 6.07) is 11.4. The standard InChI is InChI=1S/C19H19F3N2O2/c1-23(2)15-7-3-5-14(11-15)18(25)24-10-4-6-13-12-16(8-9-17(13)24)26-19(20,21)22/h3,5,7-9,11-12H,4,6,10H2,1-2H3. The van der Waals surface area contributed by atoms with Gasteiger partial charge in [0.05, 0.1) is 0 Å². The summed E-state index contributed by atoms with van der Waals surface area (Å²) < 4.78 is 41.2. The Morgan fingerprint density at radius 3 is 2.62 bits per heavy atom. The zero-order valence-corrected chi connectivity index (χ0v) is 14.5. The molecule has 0 bridgehead atoms. The van der Waals surface area contributed by atoms with Crippen molar-refractivity contribution in [2.45, 2.75) is 19.2 Å². The predicted octanol–water partition coefficient (Wildman–Crippen LogP) is 4.24. The van der Waals surface area contributed by atoms with Crippen LogP contribution in [0, 0.1) is 0 Å². The third-order valence-electron chi connectivity index (χ3n) is 4.26. The Morgan fingerprint density at radius 1 is 1.15 bits per heavy atom. The summed E-state index contributed by atoms with van der Waals surface area (Å²) in [6.07, 6.45) is -3.45. The third kappa shape index (κ3) is 3.92. The molecule has 7 heteroatoms. The molecular weight excluding hydrogens is 345 g/mol. The minimum atomic E-state index is -4.73. The minimum Gasteiger partial charge on any atom is -0.406 e. The molecule has 0 radical (unpaired) electrons. The molecule has 0 unspecified atom stereocenters. The molecule has 3 rings (SSSR count). The number of fused-ring (bicyclic) bond motifs is 1. The zero-order chi connectivity index (χ0) is 18.9. The second-order valence-corrected chi connectivity index (χ2v) is 6.34. The average molecular weight is 364 g/mol. The molecule has 0 spiro atoms. The van der Waals surface area contributed by atoms with E-state index in [0.717, 1.165) is 5.69 Å². The lowest BCUT2D eigenvalue weighted by atomic mass is 10.00. The third-order valence-corrected chi connectivity index (χ3v) is 4.26. The first-order valence-corrected chi connectivity index (χ1v) is 8.22. The van der Waals surface area contributed by atoms with Gasteiger partial charge in [0.1, 0.15) is 5.75 Å². The highest BCUT2D eigenvalue weighted by Crippen LogP contribution is 2.33. The second-order valence-electron chi connectivity index (χ2n) is 6.34. The topological polar surface area (TPSA) is 32.8 Å². The molecule has 4 nitrogen and oxygen atoms in total. The van der Waals surface area contributed by atoms with E-state index in [2.05, 4.69) is 4.74 Å². The van der Waals surface area contributed by atoms with Crippen molar-refractivity contribution in [3.8, 4) is 5.75 Å². The van der Waals surface area contributed by atoms with Gasteiger partial charge in [0, 0.05) is 37.6 Å². The van der Waals surface area contributed by atoms with Gasteiger partial charge in [-0.05, 0) is 54.8 Å². The Bertz CT molecular complexity index is 819. The zero-order valence-electron chi connectivity index (χ0n) is 14.5. The fourth-order valence-electron chi connectivity index (χ4n) is 3.05. The Labute approximate surface area is 149 Å². The smallest absolute Gasteiger partial charge is 0.406 e. The number of amides is 1. The van der Waals surface area contributed by atoms with Crippen molar-refractivity contribution in [1.29, 1.82) is 0 Å². The van der Waals surface area contributed by atoms with Crippen molar-refractivity contribution in [3.05, 3.63) is 53.6 Å². The number of alkyl halides is 3. The molecule has 0 N–H and O–H groups in total. The summed E-state index contributed by atoms with van der Waals surface area (Å²) in [5.41, 5.74) is 2.75. The van der Waals surface area contributed by atoms with E-state index in [1.54, 1.807) is 17.0 Å². The number of rotatable bonds is 3. The molecule has 1 aliphatic heterocycles. The SMILES string of the molecule is CN(C)c1cccc(C(=O)N2CCCc3cc(OC(F)(F)F)ccc32)c1. The van der Waals surface area contributed by atoms with E-state index >= 15 is 0 Å². The number of hydrogen-bond donors (Lipinski definition) is 0. The Balaban J connectivity index is 1.89. The fraction of sp³-hybridized carbons (Fsp3) is 0.316. The highest BCUT2D eigenvalue weighted by Gasteiger charge is 2.32. The number of carbonyl (C=O) groups excluding carboxylic acids is 1. The van der Waals surface area contributed by atoms with Crippen LogP contribution in [0.2, 0.25) is 0 Å². The number of carbonyl (C=O) groups is 1. The van der Waals surface area contributed by atoms with Crippen LogP contribution in [0.5, 0.6) is 5.75 Å². The largest absolute Gasteiger partial charge is 0.573 e. The molecule has 2 aromatic rings. The van der Waals surface area contributed by atoms with Gasteiger partial charge in [-0.25, -0.2) is 0 Å². The second kappa shape index (κ2) is 6.90. The number of hydrogen-bond acceptors (Lipinski definition) is 3. The lowest BCUT2D eigenvalue weighted by Crippen LogP contribution is -2.35. The van der Waals surface area contributed by atoms with Crippen molar-refractivity contribution in [3.63, 3.8) is 0 Å². The van der Waals surface area contributed by atoms with Gasteiger partial charge in [-0.3, -0.25) is 4.79 Å². The maximum absolute atomic E-state index is 12.9. The number of ether oxygens (including phenoxy) is 1. The first-order valence-electron chi connectivity index (χ1n) is 8.22. The summed E-state index contributed by atoms with van der Waals surface area (Å²) in [4.78, 5) is 16.5. The summed E-state index contributed by atoms with van der Waals surface area (Å²) in [5, 5.41) is 0. The molecule has 0 fully saturated rings. The van der Waals surface area contributed by atoms with E-state index in [0.29, 0.717) is 36.2 Å². The van der Waals surface area contributed by atoms with E-state index in [9.17, 15) is 18.0 Å². The molecule has 0 atom stereocenters. The van der Waals surface area contributed by atoms with Gasteiger partial charge in [0.25, 0.3) is 5.91 Å². The van der Waals surface area contributed by atoms with Gasteiger partial charge in [-0.15, -0.1) is 13.2 Å². The van der Waals surface area contributed by atoms with Crippen molar-refractivity contribution in [1.82, 2.24) is 0 Å². The minimum absolute atomic E-state index is 0.167. The van der Waals surface area contributed by atoms with Gasteiger partial charge in [-0.1, -0.05) is 6.07 Å². The predicted molar refractivity (Wildman–Crippen MR) is 93.9 cm³/mol. The normalized spacial score (nSPS) is 14.0. The Hall–Kier alpha value is -2.70. The number of benzene rings is 2. The van der Waals surface area contributed by atoms with Crippen LogP contribution in [0.4, 0.5) is 24.5 Å². The van der Waals surface area contributed by atoms with Crippen LogP contribution in [0.3, 0.4) is 0 Å². The average Bonchev–Trinajstić information content (AvgIpc) is 2.59. The van der Waals surface area contributed by atoms with Gasteiger partial charge >= 0.3 is 6.36 Å². The van der Waals surface area contributed by atoms with Crippen LogP contribution in [-0.4, -0.2) is 32.9 Å². The Morgan fingerprint density at radius 2 is 1.92 bits per heavy atom. The molecule has 0 aliphatic carbocycles. The van der Waals surface area contributed by atoms with Crippen LogP contribution in [0.15, 0.2) is 42.5 Å². The van der Waals surface area contributed by atoms with E-state index in [1.807, 2.05) is 31.1 Å². The van der Waals surface area contributed by atoms with Crippen molar-refractivity contribution < 1.29 is 22.7 Å².